The molecule has 1 aromatic carbocycles. The molecule has 1 aliphatic rings. The molecule has 1 fully saturated rings. The lowest BCUT2D eigenvalue weighted by molar-refractivity contribution is -0.384. The number of nitrogens with zero attached hydrogens (tertiary/aromatic N) is 2. The largest absolute Gasteiger partial charge is 0.481 e. The van der Waals surface area contributed by atoms with Crippen LogP contribution in [0.5, 0.6) is 0 Å². The van der Waals surface area contributed by atoms with Crippen molar-refractivity contribution in [2.45, 2.75) is 32.1 Å². The van der Waals surface area contributed by atoms with Crippen LogP contribution in [0.2, 0.25) is 0 Å². The first-order valence-corrected chi connectivity index (χ1v) is 10.5. The number of hydrogen-bond acceptors (Lipinski definition) is 7. The van der Waals surface area contributed by atoms with Gasteiger partial charge in [0.1, 0.15) is 4.32 Å². The van der Waals surface area contributed by atoms with Crippen LogP contribution in [0.25, 0.3) is 6.08 Å². The van der Waals surface area contributed by atoms with E-state index in [1.165, 1.54) is 17.0 Å². The Bertz CT molecular complexity index is 887. The van der Waals surface area contributed by atoms with Gasteiger partial charge in [-0.25, -0.2) is 0 Å². The van der Waals surface area contributed by atoms with Crippen LogP contribution in [0.4, 0.5) is 5.69 Å². The molecule has 2 N–H and O–H groups in total. The highest BCUT2D eigenvalue weighted by atomic mass is 32.2. The number of carbonyl (C=O) groups excluding carboxylic acids is 2. The average Bonchev–Trinajstić information content (AvgIpc) is 2.94. The van der Waals surface area contributed by atoms with Gasteiger partial charge in [-0.15, -0.1) is 0 Å². The number of benzene rings is 1. The van der Waals surface area contributed by atoms with E-state index in [2.05, 4.69) is 5.32 Å². The lowest BCUT2D eigenvalue weighted by Crippen LogP contribution is -2.29. The van der Waals surface area contributed by atoms with Crippen molar-refractivity contribution in [1.82, 2.24) is 10.2 Å². The SMILES string of the molecule is O=C(O)CCNC(=O)CCCCCN1C(=O)/C(=C/c2cccc([N+](=O)[O-])c2)SC1=S. The summed E-state index contributed by atoms with van der Waals surface area (Å²) in [4.78, 5) is 46.9. The molecule has 9 nitrogen and oxygen atoms in total. The van der Waals surface area contributed by atoms with E-state index in [0.29, 0.717) is 47.0 Å². The number of non-ortho nitro benzene ring substituents is 1. The minimum absolute atomic E-state index is 0.0498. The number of aliphatic carboxylic acids is 1. The molecule has 1 heterocycles. The third-order valence-electron chi connectivity index (χ3n) is 4.20. The van der Waals surface area contributed by atoms with Crippen LogP contribution in [0.15, 0.2) is 29.2 Å². The predicted octanol–water partition coefficient (Wildman–Crippen LogP) is 2.95. The van der Waals surface area contributed by atoms with E-state index in [1.807, 2.05) is 0 Å². The number of carboxylic acids is 1. The number of carbonyl (C=O) groups is 3. The van der Waals surface area contributed by atoms with E-state index < -0.39 is 10.9 Å². The average molecular weight is 452 g/mol. The molecule has 0 aromatic heterocycles. The van der Waals surface area contributed by atoms with Crippen LogP contribution >= 0.6 is 24.0 Å². The van der Waals surface area contributed by atoms with Gasteiger partial charge in [0, 0.05) is 31.6 Å². The molecular formula is C19H21N3O6S2. The summed E-state index contributed by atoms with van der Waals surface area (Å²) in [5.74, 6) is -1.39. The zero-order valence-corrected chi connectivity index (χ0v) is 17.7. The number of hydrogen-bond donors (Lipinski definition) is 2. The van der Waals surface area contributed by atoms with Crippen molar-refractivity contribution in [2.24, 2.45) is 0 Å². The summed E-state index contributed by atoms with van der Waals surface area (Å²) in [7, 11) is 0. The zero-order valence-electron chi connectivity index (χ0n) is 16.0. The normalized spacial score (nSPS) is 14.9. The Kier molecular flexibility index (Phi) is 8.93. The number of nitrogens with one attached hydrogen (secondary N) is 1. The molecule has 0 aliphatic carbocycles. The summed E-state index contributed by atoms with van der Waals surface area (Å²) in [6.45, 7) is 0.541. The van der Waals surface area contributed by atoms with E-state index in [1.54, 1.807) is 18.2 Å². The fourth-order valence-electron chi connectivity index (χ4n) is 2.70. The van der Waals surface area contributed by atoms with Crippen LogP contribution in [0.1, 0.15) is 37.7 Å². The van der Waals surface area contributed by atoms with E-state index in [4.69, 9.17) is 17.3 Å². The summed E-state index contributed by atoms with van der Waals surface area (Å²) in [6, 6.07) is 6.02. The first kappa shape index (κ1) is 23.5. The minimum atomic E-state index is -0.960. The van der Waals surface area contributed by atoms with Gasteiger partial charge in [0.05, 0.1) is 16.2 Å². The second-order valence-electron chi connectivity index (χ2n) is 6.49. The van der Waals surface area contributed by atoms with E-state index in [0.717, 1.165) is 11.8 Å². The molecular weight excluding hydrogens is 430 g/mol. The van der Waals surface area contributed by atoms with Crippen LogP contribution in [0, 0.1) is 10.1 Å². The number of nitro benzene ring substituents is 1. The van der Waals surface area contributed by atoms with Crippen molar-refractivity contribution in [3.8, 4) is 0 Å². The third kappa shape index (κ3) is 7.23. The number of unbranched alkanes of at least 4 members (excludes halogenated alkanes) is 2. The van der Waals surface area contributed by atoms with Crippen LogP contribution in [0.3, 0.4) is 0 Å². The number of thioether (sulfide) groups is 1. The number of thiocarbonyl (C=S) groups is 1. The van der Waals surface area contributed by atoms with E-state index >= 15 is 0 Å². The summed E-state index contributed by atoms with van der Waals surface area (Å²) < 4.78 is 0.433. The van der Waals surface area contributed by atoms with Crippen LogP contribution in [-0.4, -0.2) is 50.1 Å². The Balaban J connectivity index is 1.79. The maximum Gasteiger partial charge on any atom is 0.305 e. The van der Waals surface area contributed by atoms with Gasteiger partial charge in [0.25, 0.3) is 11.6 Å². The van der Waals surface area contributed by atoms with Gasteiger partial charge in [-0.2, -0.15) is 0 Å². The number of nitro groups is 1. The maximum atomic E-state index is 12.6. The Morgan fingerprint density at radius 1 is 1.27 bits per heavy atom. The fraction of sp³-hybridized carbons (Fsp3) is 0.368. The maximum absolute atomic E-state index is 12.6. The van der Waals surface area contributed by atoms with Gasteiger partial charge in [-0.05, 0) is 24.5 Å². The number of carboxylic acid groups (broad SMARTS) is 1. The molecule has 2 rings (SSSR count). The van der Waals surface area contributed by atoms with Gasteiger partial charge in [0.15, 0.2) is 0 Å². The molecule has 11 heteroatoms. The molecule has 1 aliphatic heterocycles. The Morgan fingerprint density at radius 2 is 2.03 bits per heavy atom. The molecule has 0 atom stereocenters. The Labute approximate surface area is 182 Å². The molecule has 2 amide bonds. The number of rotatable bonds is 11. The second kappa shape index (κ2) is 11.4. The lowest BCUT2D eigenvalue weighted by Gasteiger charge is -2.14. The first-order valence-electron chi connectivity index (χ1n) is 9.26. The highest BCUT2D eigenvalue weighted by molar-refractivity contribution is 8.26. The molecule has 0 radical (unpaired) electrons. The summed E-state index contributed by atoms with van der Waals surface area (Å²) >= 11 is 6.43. The Morgan fingerprint density at radius 3 is 2.73 bits per heavy atom. The van der Waals surface area contributed by atoms with Crippen molar-refractivity contribution >= 4 is 57.8 Å². The van der Waals surface area contributed by atoms with E-state index in [9.17, 15) is 24.5 Å². The molecule has 30 heavy (non-hydrogen) atoms. The lowest BCUT2D eigenvalue weighted by atomic mass is 10.1. The van der Waals surface area contributed by atoms with Crippen molar-refractivity contribution < 1.29 is 24.4 Å². The second-order valence-corrected chi connectivity index (χ2v) is 8.17. The Hall–Kier alpha value is -2.79. The molecule has 0 saturated carbocycles. The molecule has 0 bridgehead atoms. The molecule has 1 aromatic rings. The standard InChI is InChI=1S/C19H21N3O6S2/c23-16(20-9-8-17(24)25)7-2-1-3-10-21-18(26)15(30-19(21)29)12-13-5-4-6-14(11-13)22(27)28/h4-6,11-12H,1-3,7-10H2,(H,20,23)(H,24,25)/b15-12-. The van der Waals surface area contributed by atoms with Crippen LogP contribution in [-0.2, 0) is 14.4 Å². The molecule has 0 spiro atoms. The summed E-state index contributed by atoms with van der Waals surface area (Å²) in [6.07, 6.45) is 3.78. The zero-order chi connectivity index (χ0) is 22.1. The van der Waals surface area contributed by atoms with Gasteiger partial charge < -0.3 is 10.4 Å². The fourth-order valence-corrected chi connectivity index (χ4v) is 4.01. The highest BCUT2D eigenvalue weighted by Gasteiger charge is 2.31. The molecule has 1 saturated heterocycles. The molecule has 160 valence electrons. The van der Waals surface area contributed by atoms with E-state index in [-0.39, 0.29) is 30.5 Å². The van der Waals surface area contributed by atoms with Crippen molar-refractivity contribution in [2.75, 3.05) is 13.1 Å². The minimum Gasteiger partial charge on any atom is -0.481 e. The highest BCUT2D eigenvalue weighted by Crippen LogP contribution is 2.33. The monoisotopic (exact) mass is 451 g/mol. The molecule has 0 unspecified atom stereocenters. The van der Waals surface area contributed by atoms with Crippen LogP contribution < -0.4 is 5.32 Å². The van der Waals surface area contributed by atoms with Gasteiger partial charge in [0.2, 0.25) is 5.91 Å². The van der Waals surface area contributed by atoms with Crippen molar-refractivity contribution in [1.29, 1.82) is 0 Å². The summed E-state index contributed by atoms with van der Waals surface area (Å²) in [5.41, 5.74) is 0.504. The third-order valence-corrected chi connectivity index (χ3v) is 5.58. The van der Waals surface area contributed by atoms with Crippen molar-refractivity contribution in [3.05, 3.63) is 44.8 Å². The smallest absolute Gasteiger partial charge is 0.305 e. The quantitative estimate of drug-likeness (QED) is 0.173. The van der Waals surface area contributed by atoms with Crippen molar-refractivity contribution in [3.63, 3.8) is 0 Å². The number of amides is 2. The van der Waals surface area contributed by atoms with Gasteiger partial charge >= 0.3 is 5.97 Å². The van der Waals surface area contributed by atoms with Gasteiger partial charge in [-0.3, -0.25) is 29.4 Å². The topological polar surface area (TPSA) is 130 Å². The predicted molar refractivity (Wildman–Crippen MR) is 117 cm³/mol. The summed E-state index contributed by atoms with van der Waals surface area (Å²) in [5, 5.41) is 22.0. The first-order chi connectivity index (χ1) is 14.3. The van der Waals surface area contributed by atoms with Gasteiger partial charge in [-0.1, -0.05) is 42.5 Å².